The van der Waals surface area contributed by atoms with Crippen LogP contribution in [0.3, 0.4) is 0 Å². The van der Waals surface area contributed by atoms with Crippen molar-refractivity contribution in [3.63, 3.8) is 0 Å². The van der Waals surface area contributed by atoms with Crippen molar-refractivity contribution in [3.8, 4) is 0 Å². The summed E-state index contributed by atoms with van der Waals surface area (Å²) in [6.07, 6.45) is 3.91. The molecule has 8 nitrogen and oxygen atoms in total. The molecule has 0 spiro atoms. The van der Waals surface area contributed by atoms with E-state index in [0.717, 1.165) is 16.8 Å². The summed E-state index contributed by atoms with van der Waals surface area (Å²) >= 11 is 0. The number of fused-ring (bicyclic) bond motifs is 6. The van der Waals surface area contributed by atoms with Crippen LogP contribution in [0.2, 0.25) is 0 Å². The van der Waals surface area contributed by atoms with Crippen LogP contribution in [0.25, 0.3) is 17.1 Å². The highest BCUT2D eigenvalue weighted by Gasteiger charge is 2.64. The van der Waals surface area contributed by atoms with Gasteiger partial charge in [0.15, 0.2) is 0 Å². The molecule has 0 saturated carbocycles. The van der Waals surface area contributed by atoms with E-state index in [1.54, 1.807) is 24.3 Å². The van der Waals surface area contributed by atoms with E-state index in [4.69, 9.17) is 0 Å². The first-order valence-corrected chi connectivity index (χ1v) is 11.9. The standard InChI is InChI=1S/C28H21N5O3/c1-16-10-13-18(14-11-16)31-26(34)23-22-15-12-17-6-2-4-8-20(17)32(22)25(24(23)27(31)35)28(36)33-21-9-5-3-7-19(21)29-30-33/h2-15,22-25H,1H3/t22-,23+,24+,25-/m1/s1. The monoisotopic (exact) mass is 475 g/mol. The number of hydrogen-bond acceptors (Lipinski definition) is 6. The number of aromatic nitrogens is 3. The van der Waals surface area contributed by atoms with Crippen molar-refractivity contribution in [2.45, 2.75) is 19.0 Å². The predicted molar refractivity (Wildman–Crippen MR) is 134 cm³/mol. The molecular weight excluding hydrogens is 454 g/mol. The Morgan fingerprint density at radius 1 is 0.861 bits per heavy atom. The van der Waals surface area contributed by atoms with Crippen molar-refractivity contribution >= 4 is 46.2 Å². The van der Waals surface area contributed by atoms with Crippen LogP contribution in [0.5, 0.6) is 0 Å². The van der Waals surface area contributed by atoms with Gasteiger partial charge in [0.05, 0.1) is 29.1 Å². The first kappa shape index (κ1) is 20.8. The number of rotatable bonds is 2. The molecule has 7 rings (SSSR count). The summed E-state index contributed by atoms with van der Waals surface area (Å²) in [5, 5.41) is 8.29. The van der Waals surface area contributed by atoms with Gasteiger partial charge < -0.3 is 4.90 Å². The minimum atomic E-state index is -0.914. The fraction of sp³-hybridized carbons (Fsp3) is 0.179. The van der Waals surface area contributed by atoms with Crippen LogP contribution in [-0.4, -0.2) is 44.8 Å². The van der Waals surface area contributed by atoms with E-state index in [1.165, 1.54) is 9.58 Å². The van der Waals surface area contributed by atoms with Crippen LogP contribution in [0.1, 0.15) is 15.9 Å². The summed E-state index contributed by atoms with van der Waals surface area (Å²) < 4.78 is 1.27. The highest BCUT2D eigenvalue weighted by molar-refractivity contribution is 6.25. The number of nitrogens with zero attached hydrogens (tertiary/aromatic N) is 5. The SMILES string of the molecule is Cc1ccc(N2C(=O)[C@@H]3[C@H](C2=O)[C@H](C(=O)n2nnc4ccccc42)N2c4ccccc4C=C[C@H]32)cc1. The van der Waals surface area contributed by atoms with Crippen molar-refractivity contribution in [3.05, 3.63) is 90.0 Å². The van der Waals surface area contributed by atoms with Crippen LogP contribution in [0.4, 0.5) is 11.4 Å². The van der Waals surface area contributed by atoms with Crippen LogP contribution < -0.4 is 9.80 Å². The number of benzene rings is 3. The smallest absolute Gasteiger partial charge is 0.272 e. The molecule has 0 aliphatic carbocycles. The van der Waals surface area contributed by atoms with Crippen molar-refractivity contribution < 1.29 is 14.4 Å². The molecule has 3 aromatic carbocycles. The van der Waals surface area contributed by atoms with Crippen molar-refractivity contribution in [2.24, 2.45) is 11.8 Å². The molecule has 4 heterocycles. The fourth-order valence-electron chi connectivity index (χ4n) is 5.90. The van der Waals surface area contributed by atoms with Gasteiger partial charge in [0.2, 0.25) is 11.8 Å². The number of hydrogen-bond donors (Lipinski definition) is 0. The molecular formula is C28H21N5O3. The Labute approximate surface area is 206 Å². The van der Waals surface area contributed by atoms with E-state index in [2.05, 4.69) is 10.3 Å². The zero-order valence-electron chi connectivity index (χ0n) is 19.4. The molecule has 2 amide bonds. The van der Waals surface area contributed by atoms with Crippen LogP contribution >= 0.6 is 0 Å². The number of anilines is 2. The molecule has 176 valence electrons. The maximum atomic E-state index is 14.2. The lowest BCUT2D eigenvalue weighted by atomic mass is 9.88. The van der Waals surface area contributed by atoms with E-state index in [-0.39, 0.29) is 17.7 Å². The van der Waals surface area contributed by atoms with Crippen molar-refractivity contribution in [1.82, 2.24) is 15.0 Å². The van der Waals surface area contributed by atoms with Gasteiger partial charge in [-0.15, -0.1) is 5.10 Å². The summed E-state index contributed by atoms with van der Waals surface area (Å²) in [6, 6.07) is 20.9. The third kappa shape index (κ3) is 2.72. The van der Waals surface area contributed by atoms with Gasteiger partial charge in [-0.1, -0.05) is 65.4 Å². The van der Waals surface area contributed by atoms with Gasteiger partial charge in [-0.05, 0) is 42.8 Å². The Bertz CT molecular complexity index is 1600. The topological polar surface area (TPSA) is 88.4 Å². The van der Waals surface area contributed by atoms with E-state index < -0.39 is 23.9 Å². The maximum absolute atomic E-state index is 14.2. The lowest BCUT2D eigenvalue weighted by Gasteiger charge is -2.36. The van der Waals surface area contributed by atoms with E-state index in [0.29, 0.717) is 16.7 Å². The summed E-state index contributed by atoms with van der Waals surface area (Å²) in [5.41, 5.74) is 4.47. The Morgan fingerprint density at radius 3 is 2.42 bits per heavy atom. The van der Waals surface area contributed by atoms with Gasteiger partial charge in [-0.3, -0.25) is 14.4 Å². The lowest BCUT2D eigenvalue weighted by molar-refractivity contribution is -0.122. The lowest BCUT2D eigenvalue weighted by Crippen LogP contribution is -2.50. The van der Waals surface area contributed by atoms with Gasteiger partial charge in [0, 0.05) is 5.69 Å². The minimum absolute atomic E-state index is 0.286. The molecule has 8 heteroatoms. The zero-order chi connectivity index (χ0) is 24.6. The third-order valence-corrected chi connectivity index (χ3v) is 7.52. The summed E-state index contributed by atoms with van der Waals surface area (Å²) in [5.74, 6) is -2.57. The molecule has 0 bridgehead atoms. The minimum Gasteiger partial charge on any atom is -0.351 e. The molecule has 36 heavy (non-hydrogen) atoms. The number of imide groups is 1. The molecule has 2 fully saturated rings. The van der Waals surface area contributed by atoms with E-state index in [9.17, 15) is 14.4 Å². The predicted octanol–water partition coefficient (Wildman–Crippen LogP) is 3.47. The van der Waals surface area contributed by atoms with Gasteiger partial charge in [0.25, 0.3) is 5.91 Å². The average molecular weight is 476 g/mol. The Balaban J connectivity index is 1.39. The van der Waals surface area contributed by atoms with Crippen LogP contribution in [0, 0.1) is 18.8 Å². The molecule has 3 aliphatic heterocycles. The van der Waals surface area contributed by atoms with Crippen LogP contribution in [-0.2, 0) is 9.59 Å². The van der Waals surface area contributed by atoms with Crippen molar-refractivity contribution in [1.29, 1.82) is 0 Å². The molecule has 2 saturated heterocycles. The molecule has 4 atom stereocenters. The van der Waals surface area contributed by atoms with E-state index in [1.807, 2.05) is 72.5 Å². The summed E-state index contributed by atoms with van der Waals surface area (Å²) in [7, 11) is 0. The molecule has 0 N–H and O–H groups in total. The Morgan fingerprint density at radius 2 is 1.58 bits per heavy atom. The highest BCUT2D eigenvalue weighted by atomic mass is 16.2. The number of amides is 2. The highest BCUT2D eigenvalue weighted by Crippen LogP contribution is 2.49. The average Bonchev–Trinajstić information content (AvgIpc) is 3.56. The normalized spacial score (nSPS) is 24.2. The van der Waals surface area contributed by atoms with Gasteiger partial charge in [-0.2, -0.15) is 4.68 Å². The number of para-hydroxylation sites is 2. The van der Waals surface area contributed by atoms with Gasteiger partial charge >= 0.3 is 0 Å². The largest absolute Gasteiger partial charge is 0.351 e. The number of aryl methyl sites for hydroxylation is 1. The van der Waals surface area contributed by atoms with E-state index >= 15 is 0 Å². The number of carbonyl (C=O) groups is 3. The van der Waals surface area contributed by atoms with Gasteiger partial charge in [0.1, 0.15) is 11.6 Å². The quantitative estimate of drug-likeness (QED) is 0.413. The van der Waals surface area contributed by atoms with Crippen molar-refractivity contribution in [2.75, 3.05) is 9.80 Å². The third-order valence-electron chi connectivity index (χ3n) is 7.52. The molecule has 0 unspecified atom stereocenters. The first-order valence-electron chi connectivity index (χ1n) is 11.9. The maximum Gasteiger partial charge on any atom is 0.272 e. The fourth-order valence-corrected chi connectivity index (χ4v) is 5.90. The first-order chi connectivity index (χ1) is 17.5. The zero-order valence-corrected chi connectivity index (χ0v) is 19.4. The summed E-state index contributed by atoms with van der Waals surface area (Å²) in [4.78, 5) is 45.1. The van der Waals surface area contributed by atoms with Gasteiger partial charge in [-0.25, -0.2) is 4.90 Å². The number of carbonyl (C=O) groups excluding carboxylic acids is 3. The second kappa shape index (κ2) is 7.45. The summed E-state index contributed by atoms with van der Waals surface area (Å²) in [6.45, 7) is 1.95. The molecule has 4 aromatic rings. The second-order valence-electron chi connectivity index (χ2n) is 9.49. The molecule has 3 aliphatic rings. The second-order valence-corrected chi connectivity index (χ2v) is 9.49. The van der Waals surface area contributed by atoms with Crippen LogP contribution in [0.15, 0.2) is 78.9 Å². The Hall–Kier alpha value is -4.59. The molecule has 1 aromatic heterocycles. The molecule has 0 radical (unpaired) electrons. The Kier molecular flexibility index (Phi) is 4.30.